The summed E-state index contributed by atoms with van der Waals surface area (Å²) in [6.45, 7) is 3.72. The zero-order valence-corrected chi connectivity index (χ0v) is 8.14. The number of hydrogen-bond acceptors (Lipinski definition) is 2. The molecule has 2 nitrogen and oxygen atoms in total. The Balaban J connectivity index is 2.84. The van der Waals surface area contributed by atoms with Gasteiger partial charge in [0, 0.05) is 4.43 Å². The number of carbonyl (C=O) groups excluding carboxylic acids is 1. The molecule has 0 saturated carbocycles. The minimum Gasteiger partial charge on any atom is -0.431 e. The van der Waals surface area contributed by atoms with Crippen LogP contribution in [-0.4, -0.2) is 10.4 Å². The van der Waals surface area contributed by atoms with Crippen LogP contribution in [0.15, 0.2) is 11.3 Å². The molecule has 0 aromatic rings. The van der Waals surface area contributed by atoms with E-state index >= 15 is 0 Å². The fourth-order valence-electron chi connectivity index (χ4n) is 0.962. The lowest BCUT2D eigenvalue weighted by Gasteiger charge is -1.97. The van der Waals surface area contributed by atoms with Gasteiger partial charge in [-0.1, -0.05) is 22.6 Å². The third kappa shape index (κ3) is 1.19. The summed E-state index contributed by atoms with van der Waals surface area (Å²) in [6, 6.07) is 0. The summed E-state index contributed by atoms with van der Waals surface area (Å²) in [4.78, 5) is 10.9. The number of cyclic esters (lactones) is 1. The van der Waals surface area contributed by atoms with Gasteiger partial charge in [-0.3, -0.25) is 4.79 Å². The van der Waals surface area contributed by atoms with E-state index in [0.29, 0.717) is 0 Å². The lowest BCUT2D eigenvalue weighted by atomic mass is 10.1. The van der Waals surface area contributed by atoms with E-state index in [9.17, 15) is 4.79 Å². The number of hydrogen-bond donors (Lipinski definition) is 0. The van der Waals surface area contributed by atoms with Gasteiger partial charge in [0.15, 0.2) is 0 Å². The van der Waals surface area contributed by atoms with Gasteiger partial charge < -0.3 is 4.74 Å². The van der Waals surface area contributed by atoms with E-state index in [2.05, 4.69) is 22.6 Å². The van der Waals surface area contributed by atoms with Crippen molar-refractivity contribution in [2.75, 3.05) is 4.43 Å². The van der Waals surface area contributed by atoms with Gasteiger partial charge in [-0.2, -0.15) is 0 Å². The number of alkyl halides is 1. The SMILES string of the molecule is CC1=C(CI)C(C)C(=O)O1. The highest BCUT2D eigenvalue weighted by Gasteiger charge is 2.28. The van der Waals surface area contributed by atoms with Crippen LogP contribution in [0.3, 0.4) is 0 Å². The summed E-state index contributed by atoms with van der Waals surface area (Å²) in [5.41, 5.74) is 1.13. The molecule has 0 radical (unpaired) electrons. The van der Waals surface area contributed by atoms with Gasteiger partial charge in [-0.25, -0.2) is 0 Å². The third-order valence-corrected chi connectivity index (χ3v) is 2.55. The Morgan fingerprint density at radius 2 is 2.30 bits per heavy atom. The van der Waals surface area contributed by atoms with E-state index in [1.807, 2.05) is 13.8 Å². The quantitative estimate of drug-likeness (QED) is 0.404. The maximum absolute atomic E-state index is 10.9. The molecule has 56 valence electrons. The fraction of sp³-hybridized carbons (Fsp3) is 0.571. The summed E-state index contributed by atoms with van der Waals surface area (Å²) < 4.78 is 5.80. The average molecular weight is 252 g/mol. The monoisotopic (exact) mass is 252 g/mol. The standard InChI is InChI=1S/C7H9IO2/c1-4-6(3-8)5(2)10-7(4)9/h4H,3H2,1-2H3. The van der Waals surface area contributed by atoms with Crippen molar-refractivity contribution in [3.05, 3.63) is 11.3 Å². The molecule has 0 amide bonds. The molecule has 1 aliphatic heterocycles. The molecule has 0 N–H and O–H groups in total. The molecule has 1 atom stereocenters. The molecule has 0 spiro atoms. The molecule has 1 aliphatic rings. The van der Waals surface area contributed by atoms with Gasteiger partial charge in [-0.05, 0) is 19.4 Å². The average Bonchev–Trinajstić information content (AvgIpc) is 2.09. The zero-order valence-electron chi connectivity index (χ0n) is 5.98. The molecular formula is C7H9IO2. The van der Waals surface area contributed by atoms with Crippen molar-refractivity contribution in [3.63, 3.8) is 0 Å². The molecule has 10 heavy (non-hydrogen) atoms. The summed E-state index contributed by atoms with van der Waals surface area (Å²) in [5.74, 6) is 0.674. The van der Waals surface area contributed by atoms with Crippen LogP contribution in [0.2, 0.25) is 0 Å². The van der Waals surface area contributed by atoms with Crippen molar-refractivity contribution >= 4 is 28.6 Å². The van der Waals surface area contributed by atoms with Crippen LogP contribution < -0.4 is 0 Å². The fourth-order valence-corrected chi connectivity index (χ4v) is 2.16. The van der Waals surface area contributed by atoms with Gasteiger partial charge in [0.2, 0.25) is 0 Å². The van der Waals surface area contributed by atoms with Crippen LogP contribution >= 0.6 is 22.6 Å². The first kappa shape index (κ1) is 8.04. The predicted molar refractivity (Wildman–Crippen MR) is 46.8 cm³/mol. The smallest absolute Gasteiger partial charge is 0.318 e. The molecule has 0 aliphatic carbocycles. The summed E-state index contributed by atoms with van der Waals surface area (Å²) >= 11 is 2.24. The maximum atomic E-state index is 10.9. The first-order valence-corrected chi connectivity index (χ1v) is 4.66. The molecule has 0 fully saturated rings. The summed E-state index contributed by atoms with van der Waals surface area (Å²) in [6.07, 6.45) is 0. The van der Waals surface area contributed by atoms with Crippen LogP contribution in [0.5, 0.6) is 0 Å². The Kier molecular flexibility index (Phi) is 2.33. The minimum absolute atomic E-state index is 0.0168. The normalized spacial score (nSPS) is 25.5. The van der Waals surface area contributed by atoms with E-state index in [0.717, 1.165) is 15.8 Å². The molecular weight excluding hydrogens is 243 g/mol. The zero-order chi connectivity index (χ0) is 7.72. The largest absolute Gasteiger partial charge is 0.431 e. The predicted octanol–water partition coefficient (Wildman–Crippen LogP) is 1.89. The van der Waals surface area contributed by atoms with Crippen molar-refractivity contribution in [2.45, 2.75) is 13.8 Å². The number of halogens is 1. The lowest BCUT2D eigenvalue weighted by Crippen LogP contribution is -2.07. The Morgan fingerprint density at radius 1 is 1.70 bits per heavy atom. The van der Waals surface area contributed by atoms with Crippen molar-refractivity contribution in [1.29, 1.82) is 0 Å². The first-order valence-electron chi connectivity index (χ1n) is 3.14. The van der Waals surface area contributed by atoms with E-state index in [1.165, 1.54) is 0 Å². The number of carbonyl (C=O) groups is 1. The number of rotatable bonds is 1. The van der Waals surface area contributed by atoms with Gasteiger partial charge in [0.05, 0.1) is 5.92 Å². The van der Waals surface area contributed by atoms with Crippen LogP contribution in [0.25, 0.3) is 0 Å². The highest BCUT2D eigenvalue weighted by molar-refractivity contribution is 14.1. The Morgan fingerprint density at radius 3 is 2.50 bits per heavy atom. The molecule has 0 saturated heterocycles. The van der Waals surface area contributed by atoms with E-state index in [1.54, 1.807) is 0 Å². The molecule has 0 bridgehead atoms. The second-order valence-electron chi connectivity index (χ2n) is 2.36. The number of allylic oxidation sites excluding steroid dienone is 1. The van der Waals surface area contributed by atoms with Gasteiger partial charge >= 0.3 is 5.97 Å². The van der Waals surface area contributed by atoms with Gasteiger partial charge in [-0.15, -0.1) is 0 Å². The third-order valence-electron chi connectivity index (χ3n) is 1.73. The van der Waals surface area contributed by atoms with Crippen LogP contribution in [0, 0.1) is 5.92 Å². The van der Waals surface area contributed by atoms with Crippen molar-refractivity contribution in [2.24, 2.45) is 5.92 Å². The van der Waals surface area contributed by atoms with E-state index in [-0.39, 0.29) is 11.9 Å². The van der Waals surface area contributed by atoms with Gasteiger partial charge in [0.1, 0.15) is 5.76 Å². The number of esters is 1. The Hall–Kier alpha value is -0.0600. The molecule has 1 rings (SSSR count). The first-order chi connectivity index (χ1) is 4.66. The molecule has 3 heteroatoms. The molecule has 1 heterocycles. The summed E-state index contributed by atoms with van der Waals surface area (Å²) in [7, 11) is 0. The second-order valence-corrected chi connectivity index (χ2v) is 3.12. The van der Waals surface area contributed by atoms with Crippen molar-refractivity contribution in [3.8, 4) is 0 Å². The highest BCUT2D eigenvalue weighted by Crippen LogP contribution is 2.27. The van der Waals surface area contributed by atoms with Crippen molar-refractivity contribution in [1.82, 2.24) is 0 Å². The lowest BCUT2D eigenvalue weighted by molar-refractivity contribution is -0.139. The van der Waals surface area contributed by atoms with Crippen LogP contribution in [0.1, 0.15) is 13.8 Å². The number of ether oxygens (including phenoxy) is 1. The van der Waals surface area contributed by atoms with E-state index in [4.69, 9.17) is 4.74 Å². The summed E-state index contributed by atoms with van der Waals surface area (Å²) in [5, 5.41) is 0. The topological polar surface area (TPSA) is 26.3 Å². The molecule has 1 unspecified atom stereocenters. The second kappa shape index (κ2) is 2.90. The molecule has 0 aromatic heterocycles. The van der Waals surface area contributed by atoms with Gasteiger partial charge in [0.25, 0.3) is 0 Å². The maximum Gasteiger partial charge on any atom is 0.318 e. The van der Waals surface area contributed by atoms with Crippen molar-refractivity contribution < 1.29 is 9.53 Å². The van der Waals surface area contributed by atoms with E-state index < -0.39 is 0 Å². The minimum atomic E-state index is -0.107. The Bertz CT molecular complexity index is 196. The Labute approximate surface area is 73.8 Å². The van der Waals surface area contributed by atoms with Crippen LogP contribution in [0.4, 0.5) is 0 Å². The molecule has 0 aromatic carbocycles. The van der Waals surface area contributed by atoms with Crippen LogP contribution in [-0.2, 0) is 9.53 Å². The highest BCUT2D eigenvalue weighted by atomic mass is 127.